The van der Waals surface area contributed by atoms with E-state index in [4.69, 9.17) is 27.9 Å². The minimum atomic E-state index is -0.510. The van der Waals surface area contributed by atoms with Gasteiger partial charge in [-0.3, -0.25) is 14.6 Å². The van der Waals surface area contributed by atoms with Crippen molar-refractivity contribution in [3.63, 3.8) is 0 Å². The number of terminal acetylenes is 1. The Morgan fingerprint density at radius 1 is 1.29 bits per heavy atom. The number of methoxy groups -OCH3 is 1. The Balaban J connectivity index is 0.00000199. The van der Waals surface area contributed by atoms with Crippen LogP contribution in [0.25, 0.3) is 0 Å². The molecule has 1 aromatic rings. The molecule has 0 aliphatic carbocycles. The van der Waals surface area contributed by atoms with Crippen LogP contribution in [0.4, 0.5) is 0 Å². The van der Waals surface area contributed by atoms with Crippen LogP contribution in [0.15, 0.2) is 58.6 Å². The van der Waals surface area contributed by atoms with Crippen molar-refractivity contribution >= 4 is 40.9 Å². The van der Waals surface area contributed by atoms with Crippen molar-refractivity contribution in [2.24, 2.45) is 4.99 Å². The van der Waals surface area contributed by atoms with Gasteiger partial charge in [-0.15, -0.1) is 12.8 Å². The third-order valence-electron chi connectivity index (χ3n) is 5.00. The third-order valence-corrected chi connectivity index (χ3v) is 5.60. The van der Waals surface area contributed by atoms with Gasteiger partial charge in [0.05, 0.1) is 23.7 Å². The normalized spacial score (nSPS) is 20.6. The predicted molar refractivity (Wildman–Crippen MR) is 137 cm³/mol. The molecule has 2 N–H and O–H groups in total. The van der Waals surface area contributed by atoms with Crippen LogP contribution in [0.2, 0.25) is 5.02 Å². The minimum Gasteiger partial charge on any atom is -0.382 e. The zero-order valence-electron chi connectivity index (χ0n) is 19.1. The second kappa shape index (κ2) is 13.6. The van der Waals surface area contributed by atoms with E-state index in [0.717, 1.165) is 0 Å². The number of rotatable bonds is 6. The largest absolute Gasteiger partial charge is 0.382 e. The standard InChI is InChI=1S/C23H26Cl2N4O3.C2H2/c1-15-5-7-17(24)9-10-26-21(27-15)20(14-32-2)28-22(30)16-6-8-18(19(25)13-16)23(31)29-11-3-4-12-29;1-2/h3-9,13,15,20H,10-12,14H2,1-2H3,(H,26,27)(H,28,30);1-2H/b7-5-,17-9+;. The molecular weight excluding hydrogens is 475 g/mol. The van der Waals surface area contributed by atoms with Crippen molar-refractivity contribution in [2.75, 3.05) is 33.4 Å². The van der Waals surface area contributed by atoms with E-state index in [1.807, 2.05) is 31.2 Å². The lowest BCUT2D eigenvalue weighted by Crippen LogP contribution is -2.51. The second-order valence-corrected chi connectivity index (χ2v) is 8.31. The Kier molecular flexibility index (Phi) is 10.9. The average molecular weight is 503 g/mol. The van der Waals surface area contributed by atoms with Crippen LogP contribution in [0.1, 0.15) is 27.6 Å². The van der Waals surface area contributed by atoms with Crippen LogP contribution in [0.5, 0.6) is 0 Å². The van der Waals surface area contributed by atoms with Gasteiger partial charge in [-0.05, 0) is 37.3 Å². The maximum Gasteiger partial charge on any atom is 0.255 e. The number of nitrogens with zero attached hydrogens (tertiary/aromatic N) is 2. The molecule has 0 saturated carbocycles. The Hall–Kier alpha value is -3.05. The molecule has 34 heavy (non-hydrogen) atoms. The van der Waals surface area contributed by atoms with Crippen LogP contribution in [-0.4, -0.2) is 68.0 Å². The molecule has 0 saturated heterocycles. The SMILES string of the molecule is C#C.COCC(NC(=O)c1ccc(C(=O)N2CC=CC2)c(Cl)c1)C1=NC/C=C(Cl)\C=C/C(C)N1. The smallest absolute Gasteiger partial charge is 0.255 e. The molecule has 9 heteroatoms. The first-order chi connectivity index (χ1) is 16.4. The van der Waals surface area contributed by atoms with E-state index >= 15 is 0 Å². The van der Waals surface area contributed by atoms with Gasteiger partial charge in [-0.1, -0.05) is 41.4 Å². The fourth-order valence-electron chi connectivity index (χ4n) is 3.31. The zero-order valence-corrected chi connectivity index (χ0v) is 20.6. The van der Waals surface area contributed by atoms with Crippen molar-refractivity contribution in [3.8, 4) is 12.8 Å². The molecule has 0 aromatic heterocycles. The van der Waals surface area contributed by atoms with Gasteiger partial charge in [0.2, 0.25) is 0 Å². The Labute approximate surface area is 210 Å². The number of allylic oxidation sites excluding steroid dienone is 2. The number of benzene rings is 1. The van der Waals surface area contributed by atoms with Crippen LogP contribution in [-0.2, 0) is 4.74 Å². The van der Waals surface area contributed by atoms with Crippen molar-refractivity contribution in [1.82, 2.24) is 15.5 Å². The van der Waals surface area contributed by atoms with E-state index < -0.39 is 6.04 Å². The molecule has 0 spiro atoms. The van der Waals surface area contributed by atoms with Crippen LogP contribution in [0.3, 0.4) is 0 Å². The Morgan fingerprint density at radius 3 is 2.65 bits per heavy atom. The summed E-state index contributed by atoms with van der Waals surface area (Å²) in [4.78, 5) is 31.8. The zero-order chi connectivity index (χ0) is 25.1. The highest BCUT2D eigenvalue weighted by Gasteiger charge is 2.23. The van der Waals surface area contributed by atoms with E-state index in [2.05, 4.69) is 28.5 Å². The monoisotopic (exact) mass is 502 g/mol. The molecule has 0 bridgehead atoms. The number of hydrogen-bond donors (Lipinski definition) is 2. The molecule has 180 valence electrons. The molecule has 3 rings (SSSR count). The molecular formula is C25H28Cl2N4O3. The summed E-state index contributed by atoms with van der Waals surface area (Å²) in [6.45, 7) is 3.65. The van der Waals surface area contributed by atoms with Crippen LogP contribution < -0.4 is 10.6 Å². The van der Waals surface area contributed by atoms with Crippen LogP contribution in [0, 0.1) is 12.8 Å². The lowest BCUT2D eigenvalue weighted by molar-refractivity contribution is 0.0799. The van der Waals surface area contributed by atoms with Crippen LogP contribution >= 0.6 is 23.2 Å². The molecule has 0 fully saturated rings. The summed E-state index contributed by atoms with van der Waals surface area (Å²) in [5, 5.41) is 7.05. The lowest BCUT2D eigenvalue weighted by Gasteiger charge is -2.23. The van der Waals surface area contributed by atoms with Gasteiger partial charge in [0, 0.05) is 36.8 Å². The van der Waals surface area contributed by atoms with E-state index in [-0.39, 0.29) is 29.5 Å². The highest BCUT2D eigenvalue weighted by atomic mass is 35.5. The Morgan fingerprint density at radius 2 is 2.00 bits per heavy atom. The lowest BCUT2D eigenvalue weighted by atomic mass is 10.1. The van der Waals surface area contributed by atoms with Gasteiger partial charge in [-0.25, -0.2) is 0 Å². The fourth-order valence-corrected chi connectivity index (χ4v) is 3.72. The van der Waals surface area contributed by atoms with Crippen molar-refractivity contribution < 1.29 is 14.3 Å². The van der Waals surface area contributed by atoms with Gasteiger partial charge in [0.15, 0.2) is 0 Å². The number of ether oxygens (including phenoxy) is 1. The number of carbonyl (C=O) groups is 2. The van der Waals surface area contributed by atoms with E-state index in [0.29, 0.717) is 41.6 Å². The number of amidine groups is 1. The first-order valence-corrected chi connectivity index (χ1v) is 11.4. The number of carbonyl (C=O) groups excluding carboxylic acids is 2. The third kappa shape index (κ3) is 7.49. The molecule has 2 unspecified atom stereocenters. The number of nitrogens with one attached hydrogen (secondary N) is 2. The van der Waals surface area contributed by atoms with Gasteiger partial charge >= 0.3 is 0 Å². The predicted octanol–water partition coefficient (Wildman–Crippen LogP) is 3.42. The summed E-state index contributed by atoms with van der Waals surface area (Å²) >= 11 is 12.5. The van der Waals surface area contributed by atoms with Crippen molar-refractivity contribution in [3.05, 3.63) is 69.8 Å². The number of aliphatic imine (C=N–C) groups is 1. The Bertz CT molecular complexity index is 1020. The van der Waals surface area contributed by atoms with E-state index in [1.165, 1.54) is 6.07 Å². The molecule has 1 aromatic carbocycles. The molecule has 2 aliphatic rings. The number of amides is 2. The van der Waals surface area contributed by atoms with Gasteiger partial charge < -0.3 is 20.3 Å². The summed E-state index contributed by atoms with van der Waals surface area (Å²) in [6, 6.07) is 4.12. The minimum absolute atomic E-state index is 0.0509. The summed E-state index contributed by atoms with van der Waals surface area (Å²) in [6.07, 6.45) is 17.4. The molecule has 2 heterocycles. The highest BCUT2D eigenvalue weighted by Crippen LogP contribution is 2.21. The summed E-state index contributed by atoms with van der Waals surface area (Å²) in [5.41, 5.74) is 0.707. The number of halogens is 2. The van der Waals surface area contributed by atoms with E-state index in [9.17, 15) is 9.59 Å². The van der Waals surface area contributed by atoms with Crippen molar-refractivity contribution in [1.29, 1.82) is 0 Å². The quantitative estimate of drug-likeness (QED) is 0.461. The van der Waals surface area contributed by atoms with Gasteiger partial charge in [0.1, 0.15) is 11.9 Å². The molecule has 2 aliphatic heterocycles. The van der Waals surface area contributed by atoms with Crippen molar-refractivity contribution in [2.45, 2.75) is 19.0 Å². The highest BCUT2D eigenvalue weighted by molar-refractivity contribution is 6.34. The number of hydrogen-bond acceptors (Lipinski definition) is 5. The first-order valence-electron chi connectivity index (χ1n) is 10.6. The molecule has 0 radical (unpaired) electrons. The fraction of sp³-hybridized carbons (Fsp3) is 0.320. The first kappa shape index (κ1) is 27.2. The average Bonchev–Trinajstić information content (AvgIpc) is 3.39. The van der Waals surface area contributed by atoms with Gasteiger partial charge in [0.25, 0.3) is 11.8 Å². The second-order valence-electron chi connectivity index (χ2n) is 7.46. The summed E-state index contributed by atoms with van der Waals surface area (Å²) < 4.78 is 5.31. The van der Waals surface area contributed by atoms with Gasteiger partial charge in [-0.2, -0.15) is 0 Å². The maximum absolute atomic E-state index is 13.0. The molecule has 2 amide bonds. The topological polar surface area (TPSA) is 83.0 Å². The van der Waals surface area contributed by atoms with E-state index in [1.54, 1.807) is 30.2 Å². The molecule has 2 atom stereocenters. The summed E-state index contributed by atoms with van der Waals surface area (Å²) in [7, 11) is 1.56. The summed E-state index contributed by atoms with van der Waals surface area (Å²) in [5.74, 6) is 0.0680. The molecule has 7 nitrogen and oxygen atoms in total. The maximum atomic E-state index is 13.0.